The Hall–Kier alpha value is -1.14. The molecule has 9 heavy (non-hydrogen) atoms. The van der Waals surface area contributed by atoms with Crippen LogP contribution in [0.25, 0.3) is 0 Å². The Bertz CT molecular complexity index is 143. The van der Waals surface area contributed by atoms with Crippen molar-refractivity contribution in [2.24, 2.45) is 4.99 Å². The lowest BCUT2D eigenvalue weighted by Gasteiger charge is -1.78. The van der Waals surface area contributed by atoms with E-state index in [0.717, 1.165) is 6.42 Å². The minimum absolute atomic E-state index is 0.522. The molecule has 48 valence electrons. The topological polar surface area (TPSA) is 29.4 Å². The molecule has 0 amide bonds. The molecule has 2 heteroatoms. The van der Waals surface area contributed by atoms with E-state index in [0.29, 0.717) is 6.54 Å². The van der Waals surface area contributed by atoms with Crippen LogP contribution in [0.5, 0.6) is 0 Å². The number of nitrogens with zero attached hydrogens (tertiary/aromatic N) is 1. The maximum atomic E-state index is 9.50. The van der Waals surface area contributed by atoms with Crippen LogP contribution in [0.3, 0.4) is 0 Å². The van der Waals surface area contributed by atoms with Gasteiger partial charge in [-0.25, -0.2) is 9.79 Å². The van der Waals surface area contributed by atoms with Crippen LogP contribution in [0, 0.1) is 0 Å². The lowest BCUT2D eigenvalue weighted by molar-refractivity contribution is 0.563. The Balaban J connectivity index is 3.18. The molecule has 0 aromatic heterocycles. The van der Waals surface area contributed by atoms with Crippen molar-refractivity contribution < 1.29 is 4.79 Å². The highest BCUT2D eigenvalue weighted by molar-refractivity contribution is 5.32. The second-order valence-electron chi connectivity index (χ2n) is 1.43. The molecule has 0 N–H and O–H groups in total. The van der Waals surface area contributed by atoms with Crippen LogP contribution in [-0.4, -0.2) is 12.6 Å². The van der Waals surface area contributed by atoms with Crippen molar-refractivity contribution in [3.05, 3.63) is 24.8 Å². The van der Waals surface area contributed by atoms with Gasteiger partial charge in [0.05, 0.1) is 6.54 Å². The Morgan fingerprint density at radius 3 is 3.00 bits per heavy atom. The van der Waals surface area contributed by atoms with Gasteiger partial charge in [0, 0.05) is 0 Å². The van der Waals surface area contributed by atoms with Crippen molar-refractivity contribution in [2.45, 2.75) is 6.42 Å². The molecule has 0 atom stereocenters. The highest BCUT2D eigenvalue weighted by atomic mass is 16.1. The lowest BCUT2D eigenvalue weighted by atomic mass is 10.4. The van der Waals surface area contributed by atoms with Gasteiger partial charge in [0.2, 0.25) is 6.08 Å². The number of hydrogen-bond donors (Lipinski definition) is 0. The summed E-state index contributed by atoms with van der Waals surface area (Å²) in [5.74, 6) is 0. The zero-order chi connectivity index (χ0) is 6.95. The molecule has 0 unspecified atom stereocenters. The molecule has 0 aromatic carbocycles. The molecule has 0 saturated heterocycles. The van der Waals surface area contributed by atoms with Gasteiger partial charge in [-0.3, -0.25) is 0 Å². The summed E-state index contributed by atoms with van der Waals surface area (Å²) in [6.07, 6.45) is 7.64. The van der Waals surface area contributed by atoms with Gasteiger partial charge in [0.1, 0.15) is 0 Å². The molecule has 2 nitrogen and oxygen atoms in total. The highest BCUT2D eigenvalue weighted by Crippen LogP contribution is 1.82. The Morgan fingerprint density at radius 2 is 2.44 bits per heavy atom. The van der Waals surface area contributed by atoms with Crippen molar-refractivity contribution in [3.8, 4) is 0 Å². The number of carbonyl (C=O) groups excluding carboxylic acids is 1. The summed E-state index contributed by atoms with van der Waals surface area (Å²) in [6.45, 7) is 4.01. The molecule has 0 aromatic rings. The van der Waals surface area contributed by atoms with Gasteiger partial charge in [-0.2, -0.15) is 0 Å². The van der Waals surface area contributed by atoms with Crippen LogP contribution >= 0.6 is 0 Å². The van der Waals surface area contributed by atoms with Crippen molar-refractivity contribution in [1.29, 1.82) is 0 Å². The van der Waals surface area contributed by atoms with Crippen molar-refractivity contribution in [1.82, 2.24) is 0 Å². The Morgan fingerprint density at radius 1 is 1.67 bits per heavy atom. The number of hydrogen-bond acceptors (Lipinski definition) is 2. The van der Waals surface area contributed by atoms with Gasteiger partial charge in [0.15, 0.2) is 0 Å². The molecule has 0 saturated carbocycles. The SMILES string of the molecule is C=CC=CCCN=C=O. The van der Waals surface area contributed by atoms with Gasteiger partial charge in [-0.15, -0.1) is 0 Å². The van der Waals surface area contributed by atoms with E-state index in [2.05, 4.69) is 11.6 Å². The van der Waals surface area contributed by atoms with E-state index < -0.39 is 0 Å². The number of aliphatic imine (C=N–C) groups is 1. The monoisotopic (exact) mass is 123 g/mol. The van der Waals surface area contributed by atoms with Gasteiger partial charge in [-0.05, 0) is 6.42 Å². The molecule has 0 bridgehead atoms. The minimum Gasteiger partial charge on any atom is -0.211 e. The maximum absolute atomic E-state index is 9.50. The predicted molar refractivity (Wildman–Crippen MR) is 36.9 cm³/mol. The predicted octanol–water partition coefficient (Wildman–Crippen LogP) is 1.45. The first-order chi connectivity index (χ1) is 4.41. The fraction of sp³-hybridized carbons (Fsp3) is 0.286. The molecule has 0 spiro atoms. The molecular formula is C7H9NO. The summed E-state index contributed by atoms with van der Waals surface area (Å²) in [4.78, 5) is 12.9. The summed E-state index contributed by atoms with van der Waals surface area (Å²) in [5.41, 5.74) is 0. The largest absolute Gasteiger partial charge is 0.234 e. The molecule has 0 radical (unpaired) electrons. The lowest BCUT2D eigenvalue weighted by Crippen LogP contribution is -1.72. The Labute approximate surface area is 54.6 Å². The zero-order valence-electron chi connectivity index (χ0n) is 5.21. The van der Waals surface area contributed by atoms with E-state index in [1.54, 1.807) is 6.08 Å². The fourth-order valence-electron chi connectivity index (χ4n) is 0.377. The van der Waals surface area contributed by atoms with Gasteiger partial charge in [-0.1, -0.05) is 24.8 Å². The third kappa shape index (κ3) is 6.86. The van der Waals surface area contributed by atoms with Crippen molar-refractivity contribution >= 4 is 6.08 Å². The molecule has 0 fully saturated rings. The maximum Gasteiger partial charge on any atom is 0.234 e. The fourth-order valence-corrected chi connectivity index (χ4v) is 0.377. The normalized spacial score (nSPS) is 8.89. The van der Waals surface area contributed by atoms with Gasteiger partial charge in [0.25, 0.3) is 0 Å². The van der Waals surface area contributed by atoms with Crippen molar-refractivity contribution in [3.63, 3.8) is 0 Å². The molecular weight excluding hydrogens is 114 g/mol. The smallest absolute Gasteiger partial charge is 0.211 e. The number of isocyanates is 1. The number of rotatable bonds is 4. The van der Waals surface area contributed by atoms with Crippen LogP contribution in [0.4, 0.5) is 0 Å². The van der Waals surface area contributed by atoms with E-state index >= 15 is 0 Å². The van der Waals surface area contributed by atoms with Crippen LogP contribution in [0.15, 0.2) is 29.8 Å². The van der Waals surface area contributed by atoms with Crippen LogP contribution in [0.2, 0.25) is 0 Å². The van der Waals surface area contributed by atoms with Gasteiger partial charge < -0.3 is 0 Å². The third-order valence-electron chi connectivity index (χ3n) is 0.744. The van der Waals surface area contributed by atoms with E-state index in [9.17, 15) is 4.79 Å². The first kappa shape index (κ1) is 7.86. The molecule has 0 rings (SSSR count). The first-order valence-corrected chi connectivity index (χ1v) is 2.73. The summed E-state index contributed by atoms with van der Waals surface area (Å²) in [6, 6.07) is 0. The average molecular weight is 123 g/mol. The van der Waals surface area contributed by atoms with Crippen LogP contribution in [-0.2, 0) is 4.79 Å². The zero-order valence-corrected chi connectivity index (χ0v) is 5.21. The van der Waals surface area contributed by atoms with E-state index in [1.165, 1.54) is 6.08 Å². The second-order valence-corrected chi connectivity index (χ2v) is 1.43. The van der Waals surface area contributed by atoms with Crippen molar-refractivity contribution in [2.75, 3.05) is 6.54 Å². The quantitative estimate of drug-likeness (QED) is 0.241. The average Bonchev–Trinajstić information content (AvgIpc) is 1.89. The minimum atomic E-state index is 0.522. The van der Waals surface area contributed by atoms with E-state index in [-0.39, 0.29) is 0 Å². The highest BCUT2D eigenvalue weighted by Gasteiger charge is 1.72. The summed E-state index contributed by atoms with van der Waals surface area (Å²) in [5, 5.41) is 0. The summed E-state index contributed by atoms with van der Waals surface area (Å²) < 4.78 is 0. The second kappa shape index (κ2) is 6.86. The standard InChI is InChI=1S/C7H9NO/c1-2-3-4-5-6-8-7-9/h2-4H,1,5-6H2. The molecule has 0 heterocycles. The van der Waals surface area contributed by atoms with Crippen LogP contribution in [0.1, 0.15) is 6.42 Å². The Kier molecular flexibility index (Phi) is 5.99. The molecule has 0 aliphatic rings. The first-order valence-electron chi connectivity index (χ1n) is 2.73. The van der Waals surface area contributed by atoms with E-state index in [4.69, 9.17) is 0 Å². The van der Waals surface area contributed by atoms with E-state index in [1.807, 2.05) is 12.2 Å². The third-order valence-corrected chi connectivity index (χ3v) is 0.744. The molecule has 0 aliphatic heterocycles. The van der Waals surface area contributed by atoms with Crippen LogP contribution < -0.4 is 0 Å². The summed E-state index contributed by atoms with van der Waals surface area (Å²) in [7, 11) is 0. The summed E-state index contributed by atoms with van der Waals surface area (Å²) >= 11 is 0. The number of allylic oxidation sites excluding steroid dienone is 2. The molecule has 0 aliphatic carbocycles. The van der Waals surface area contributed by atoms with Gasteiger partial charge >= 0.3 is 0 Å².